The summed E-state index contributed by atoms with van der Waals surface area (Å²) in [6.45, 7) is 0. The molecule has 0 unspecified atom stereocenters. The summed E-state index contributed by atoms with van der Waals surface area (Å²) in [5.41, 5.74) is 12.3. The Bertz CT molecular complexity index is 4280. The zero-order chi connectivity index (χ0) is 43.3. The van der Waals surface area contributed by atoms with Gasteiger partial charge in [0.25, 0.3) is 0 Å². The Morgan fingerprint density at radius 2 is 0.652 bits per heavy atom. The normalized spacial score (nSPS) is 11.9. The number of pyridine rings is 1. The zero-order valence-corrected chi connectivity index (χ0v) is 35.8. The van der Waals surface area contributed by atoms with Gasteiger partial charge in [-0.3, -0.25) is 4.98 Å². The second kappa shape index (κ2) is 14.3. The first-order valence-electron chi connectivity index (χ1n) is 22.5. The molecule has 0 aliphatic carbocycles. The van der Waals surface area contributed by atoms with E-state index in [1.54, 1.807) is 0 Å². The average Bonchev–Trinajstić information content (AvgIpc) is 3.90. The van der Waals surface area contributed by atoms with Crippen molar-refractivity contribution >= 4 is 97.9 Å². The topological polar surface area (TPSA) is 32.6 Å². The molecule has 5 heteroatoms. The van der Waals surface area contributed by atoms with Gasteiger partial charge in [-0.1, -0.05) is 127 Å². The van der Waals surface area contributed by atoms with Crippen LogP contribution in [0.3, 0.4) is 0 Å². The fourth-order valence-electron chi connectivity index (χ4n) is 10.8. The summed E-state index contributed by atoms with van der Waals surface area (Å²) < 4.78 is 9.47. The van der Waals surface area contributed by atoms with E-state index in [4.69, 9.17) is 4.98 Å². The number of hydrogen-bond acceptors (Lipinski definition) is 1. The van der Waals surface area contributed by atoms with E-state index in [9.17, 15) is 0 Å². The number of fused-ring (bicyclic) bond motifs is 15. The highest BCUT2D eigenvalue weighted by atomic mass is 15.1. The van der Waals surface area contributed by atoms with E-state index in [1.165, 1.54) is 43.4 Å². The Morgan fingerprint density at radius 1 is 0.242 bits per heavy atom. The van der Waals surface area contributed by atoms with Crippen molar-refractivity contribution in [3.63, 3.8) is 0 Å². The van der Waals surface area contributed by atoms with Crippen molar-refractivity contribution in [1.82, 2.24) is 23.3 Å². The van der Waals surface area contributed by atoms with Gasteiger partial charge in [0.15, 0.2) is 0 Å². The molecular formula is C61H39N5. The van der Waals surface area contributed by atoms with Crippen LogP contribution in [0, 0.1) is 0 Å². The standard InChI is InChI=1S/C61H39N5/c1-3-16-40(17-4-1)63-34-35-64(41-18-5-2-6-19-41)60-39-54-52(38-59(60)63)51-36-42(29-31-46(51)44-20-7-8-21-45(44)50-25-15-33-62-61(50)54)66-57-28-14-11-24-49(57)53-37-43(30-32-58(53)66)65-55-26-12-9-22-47(55)48-23-10-13-27-56(48)65/h1-39H. The minimum Gasteiger partial charge on any atom is -0.314 e. The van der Waals surface area contributed by atoms with Gasteiger partial charge in [0, 0.05) is 73.7 Å². The quantitative estimate of drug-likeness (QED) is 0.174. The Hall–Kier alpha value is -8.93. The highest BCUT2D eigenvalue weighted by Gasteiger charge is 2.19. The number of nitrogens with zero attached hydrogens (tertiary/aromatic N) is 5. The third-order valence-electron chi connectivity index (χ3n) is 13.7. The molecule has 10 aromatic carbocycles. The number of hydrogen-bond donors (Lipinski definition) is 0. The summed E-state index contributed by atoms with van der Waals surface area (Å²) in [7, 11) is 0. The van der Waals surface area contributed by atoms with E-state index in [2.05, 4.69) is 249 Å². The van der Waals surface area contributed by atoms with Gasteiger partial charge in [0.2, 0.25) is 0 Å². The van der Waals surface area contributed by atoms with Crippen molar-refractivity contribution in [1.29, 1.82) is 0 Å². The molecule has 0 atom stereocenters. The molecule has 14 rings (SSSR count). The number of rotatable bonds is 4. The molecule has 5 nitrogen and oxygen atoms in total. The molecule has 66 heavy (non-hydrogen) atoms. The van der Waals surface area contributed by atoms with Crippen LogP contribution in [0.2, 0.25) is 0 Å². The van der Waals surface area contributed by atoms with Gasteiger partial charge in [0.1, 0.15) is 0 Å². The molecule has 4 aromatic heterocycles. The first-order valence-corrected chi connectivity index (χ1v) is 22.5. The van der Waals surface area contributed by atoms with Crippen LogP contribution < -0.4 is 0 Å². The highest BCUT2D eigenvalue weighted by Crippen LogP contribution is 2.41. The van der Waals surface area contributed by atoms with Gasteiger partial charge >= 0.3 is 0 Å². The zero-order valence-electron chi connectivity index (χ0n) is 35.8. The minimum atomic E-state index is 0.960. The Morgan fingerprint density at radius 3 is 1.24 bits per heavy atom. The molecule has 0 saturated heterocycles. The van der Waals surface area contributed by atoms with Crippen molar-refractivity contribution in [2.45, 2.75) is 0 Å². The molecule has 4 heterocycles. The summed E-state index contributed by atoms with van der Waals surface area (Å²) >= 11 is 0. The number of para-hydroxylation sites is 5. The van der Waals surface area contributed by atoms with Gasteiger partial charge in [0.05, 0.1) is 38.6 Å². The summed E-state index contributed by atoms with van der Waals surface area (Å²) in [5, 5.41) is 12.9. The van der Waals surface area contributed by atoms with E-state index in [0.717, 1.165) is 77.3 Å². The van der Waals surface area contributed by atoms with E-state index in [0.29, 0.717) is 0 Å². The van der Waals surface area contributed by atoms with Crippen LogP contribution in [-0.2, 0) is 0 Å². The largest absolute Gasteiger partial charge is 0.314 e. The monoisotopic (exact) mass is 841 g/mol. The summed E-state index contributed by atoms with van der Waals surface area (Å²) in [6.07, 6.45) is 6.29. The van der Waals surface area contributed by atoms with Crippen molar-refractivity contribution < 1.29 is 0 Å². The van der Waals surface area contributed by atoms with Gasteiger partial charge < -0.3 is 18.3 Å². The van der Waals surface area contributed by atoms with E-state index < -0.39 is 0 Å². The van der Waals surface area contributed by atoms with Gasteiger partial charge in [-0.05, 0) is 118 Å². The molecule has 0 bridgehead atoms. The smallest absolute Gasteiger partial charge is 0.0787 e. The lowest BCUT2D eigenvalue weighted by Crippen LogP contribution is -2.05. The molecule has 0 aliphatic heterocycles. The van der Waals surface area contributed by atoms with Crippen molar-refractivity contribution in [3.05, 3.63) is 237 Å². The molecule has 0 aliphatic rings. The Balaban J connectivity index is 1.11. The second-order valence-corrected chi connectivity index (χ2v) is 17.2. The molecule has 0 spiro atoms. The van der Waals surface area contributed by atoms with Crippen LogP contribution in [0.5, 0.6) is 0 Å². The fraction of sp³-hybridized carbons (Fsp3) is 0. The SMILES string of the molecule is c1ccc(-n2ccn(-c3ccccc3)c3cc4c(cc32)c2cc(-n3c5ccccc5c5cc(-n6c7ccccc7c7ccccc76)ccc53)ccc2c2ccccc2c2cccnc24)cc1. The average molecular weight is 842 g/mol. The van der Waals surface area contributed by atoms with Crippen LogP contribution in [0.1, 0.15) is 0 Å². The first-order chi connectivity index (χ1) is 32.8. The number of benzene rings is 9. The molecule has 0 fully saturated rings. The van der Waals surface area contributed by atoms with E-state index >= 15 is 0 Å². The molecule has 0 N–H and O–H groups in total. The van der Waals surface area contributed by atoms with Crippen LogP contribution in [0.15, 0.2) is 237 Å². The first kappa shape index (κ1) is 36.5. The van der Waals surface area contributed by atoms with Crippen molar-refractivity contribution in [2.24, 2.45) is 0 Å². The van der Waals surface area contributed by atoms with Gasteiger partial charge in [-0.2, -0.15) is 0 Å². The maximum atomic E-state index is 5.22. The molecular weight excluding hydrogens is 803 g/mol. The van der Waals surface area contributed by atoms with E-state index in [-0.39, 0.29) is 0 Å². The van der Waals surface area contributed by atoms with Gasteiger partial charge in [-0.25, -0.2) is 0 Å². The molecule has 0 saturated carbocycles. The third kappa shape index (κ3) is 5.38. The molecule has 308 valence electrons. The van der Waals surface area contributed by atoms with Crippen LogP contribution in [0.25, 0.3) is 121 Å². The summed E-state index contributed by atoms with van der Waals surface area (Å²) in [6, 6.07) is 79.5. The Labute approximate surface area is 379 Å². The second-order valence-electron chi connectivity index (χ2n) is 17.2. The molecule has 14 aromatic rings. The van der Waals surface area contributed by atoms with E-state index in [1.807, 2.05) is 6.20 Å². The lowest BCUT2D eigenvalue weighted by Gasteiger charge is -2.19. The molecule has 0 amide bonds. The lowest BCUT2D eigenvalue weighted by molar-refractivity contribution is 1.01. The van der Waals surface area contributed by atoms with Crippen LogP contribution >= 0.6 is 0 Å². The summed E-state index contributed by atoms with van der Waals surface area (Å²) in [4.78, 5) is 5.22. The maximum absolute atomic E-state index is 5.22. The predicted molar refractivity (Wildman–Crippen MR) is 277 cm³/mol. The fourth-order valence-corrected chi connectivity index (χ4v) is 10.8. The van der Waals surface area contributed by atoms with Crippen LogP contribution in [-0.4, -0.2) is 23.3 Å². The van der Waals surface area contributed by atoms with Gasteiger partial charge in [-0.15, -0.1) is 0 Å². The predicted octanol–water partition coefficient (Wildman–Crippen LogP) is 15.7. The van der Waals surface area contributed by atoms with Crippen molar-refractivity contribution in [2.75, 3.05) is 0 Å². The maximum Gasteiger partial charge on any atom is 0.0787 e. The van der Waals surface area contributed by atoms with Crippen molar-refractivity contribution in [3.8, 4) is 22.7 Å². The number of aromatic nitrogens is 5. The summed E-state index contributed by atoms with van der Waals surface area (Å²) in [5.74, 6) is 0. The third-order valence-corrected chi connectivity index (χ3v) is 13.7. The molecule has 0 radical (unpaired) electrons. The Kier molecular flexibility index (Phi) is 7.91. The lowest BCUT2D eigenvalue weighted by atomic mass is 9.95. The highest BCUT2D eigenvalue weighted by molar-refractivity contribution is 6.26. The van der Waals surface area contributed by atoms with Crippen LogP contribution in [0.4, 0.5) is 0 Å². The minimum absolute atomic E-state index is 0.960.